The number of carboxylic acid groups (broad SMARTS) is 1. The first-order valence-electron chi connectivity index (χ1n) is 12.2. The molecule has 5 atom stereocenters. The molecule has 0 aliphatic rings. The third-order valence-electron chi connectivity index (χ3n) is 5.88. The number of benzene rings is 1. The van der Waals surface area contributed by atoms with Gasteiger partial charge in [0.25, 0.3) is 0 Å². The molecule has 37 heavy (non-hydrogen) atoms. The molecule has 1 aromatic carbocycles. The number of primary amides is 1. The van der Waals surface area contributed by atoms with E-state index in [2.05, 4.69) is 16.0 Å². The molecular weight excluding hydrogens is 482 g/mol. The van der Waals surface area contributed by atoms with Crippen LogP contribution in [-0.4, -0.2) is 64.0 Å². The Morgan fingerprint density at radius 3 is 1.95 bits per heavy atom. The van der Waals surface area contributed by atoms with Crippen LogP contribution in [0.4, 0.5) is 0 Å². The Bertz CT molecular complexity index is 951. The number of aromatic hydroxyl groups is 1. The van der Waals surface area contributed by atoms with Crippen molar-refractivity contribution >= 4 is 29.6 Å². The quantitative estimate of drug-likeness (QED) is 0.163. The van der Waals surface area contributed by atoms with E-state index in [1.54, 1.807) is 19.1 Å². The van der Waals surface area contributed by atoms with E-state index >= 15 is 0 Å². The molecule has 0 spiro atoms. The number of carbonyl (C=O) groups is 5. The number of phenols is 1. The zero-order chi connectivity index (χ0) is 28.3. The molecule has 0 saturated heterocycles. The van der Waals surface area contributed by atoms with Gasteiger partial charge in [-0.1, -0.05) is 46.2 Å². The van der Waals surface area contributed by atoms with Crippen molar-refractivity contribution in [3.8, 4) is 5.75 Å². The van der Waals surface area contributed by atoms with Gasteiger partial charge in [0.15, 0.2) is 0 Å². The first-order valence-corrected chi connectivity index (χ1v) is 12.2. The smallest absolute Gasteiger partial charge is 0.326 e. The van der Waals surface area contributed by atoms with Gasteiger partial charge in [-0.2, -0.15) is 0 Å². The van der Waals surface area contributed by atoms with Crippen LogP contribution in [-0.2, 0) is 30.4 Å². The summed E-state index contributed by atoms with van der Waals surface area (Å²) in [5.74, 6) is -4.48. The van der Waals surface area contributed by atoms with Crippen LogP contribution in [0.5, 0.6) is 5.75 Å². The number of nitrogens with two attached hydrogens (primary N) is 2. The number of hydrogen-bond donors (Lipinski definition) is 7. The van der Waals surface area contributed by atoms with Crippen molar-refractivity contribution in [2.24, 2.45) is 23.3 Å². The van der Waals surface area contributed by atoms with E-state index in [4.69, 9.17) is 11.5 Å². The molecule has 1 rings (SSSR count). The molecule has 5 unspecified atom stereocenters. The first kappa shape index (κ1) is 31.4. The Labute approximate surface area is 216 Å². The Balaban J connectivity index is 3.19. The van der Waals surface area contributed by atoms with Crippen molar-refractivity contribution in [2.45, 2.75) is 77.5 Å². The topological polar surface area (TPSA) is 214 Å². The van der Waals surface area contributed by atoms with Gasteiger partial charge in [0.05, 0.1) is 12.5 Å². The third-order valence-corrected chi connectivity index (χ3v) is 5.88. The SMILES string of the molecule is CCC(C)C(NC(=O)C(N)CC(N)=O)C(=O)NC(Cc1ccc(O)cc1)C(=O)NC(CC(C)C)C(=O)O. The van der Waals surface area contributed by atoms with Gasteiger partial charge in [-0.25, -0.2) is 4.79 Å². The minimum absolute atomic E-state index is 0.00572. The minimum atomic E-state index is -1.25. The summed E-state index contributed by atoms with van der Waals surface area (Å²) < 4.78 is 0. The van der Waals surface area contributed by atoms with Crippen LogP contribution in [0.25, 0.3) is 0 Å². The molecule has 9 N–H and O–H groups in total. The van der Waals surface area contributed by atoms with E-state index in [9.17, 15) is 34.2 Å². The summed E-state index contributed by atoms with van der Waals surface area (Å²) in [5, 5.41) is 26.7. The molecule has 0 bridgehead atoms. The van der Waals surface area contributed by atoms with Gasteiger partial charge in [0.1, 0.15) is 23.9 Å². The highest BCUT2D eigenvalue weighted by Gasteiger charge is 2.33. The van der Waals surface area contributed by atoms with Gasteiger partial charge in [0, 0.05) is 6.42 Å². The minimum Gasteiger partial charge on any atom is -0.508 e. The molecule has 0 saturated carbocycles. The Morgan fingerprint density at radius 2 is 1.46 bits per heavy atom. The van der Waals surface area contributed by atoms with Crippen molar-refractivity contribution in [1.29, 1.82) is 0 Å². The average molecular weight is 522 g/mol. The Hall–Kier alpha value is -3.67. The second-order valence-electron chi connectivity index (χ2n) is 9.61. The lowest BCUT2D eigenvalue weighted by Crippen LogP contribution is -2.59. The van der Waals surface area contributed by atoms with E-state index in [1.165, 1.54) is 12.1 Å². The van der Waals surface area contributed by atoms with Crippen LogP contribution in [0.15, 0.2) is 24.3 Å². The van der Waals surface area contributed by atoms with Gasteiger partial charge >= 0.3 is 5.97 Å². The van der Waals surface area contributed by atoms with Crippen molar-refractivity contribution in [2.75, 3.05) is 0 Å². The number of amides is 4. The number of rotatable bonds is 15. The highest BCUT2D eigenvalue weighted by molar-refractivity contribution is 5.95. The Morgan fingerprint density at radius 1 is 0.892 bits per heavy atom. The van der Waals surface area contributed by atoms with E-state index in [0.717, 1.165) is 0 Å². The molecule has 4 amide bonds. The Kier molecular flexibility index (Phi) is 12.5. The van der Waals surface area contributed by atoms with Crippen LogP contribution in [0.3, 0.4) is 0 Å². The summed E-state index contributed by atoms with van der Waals surface area (Å²) in [7, 11) is 0. The molecule has 0 aliphatic heterocycles. The van der Waals surface area contributed by atoms with Gasteiger partial charge in [-0.3, -0.25) is 19.2 Å². The van der Waals surface area contributed by atoms with Crippen molar-refractivity contribution in [3.05, 3.63) is 29.8 Å². The molecule has 0 fully saturated rings. The van der Waals surface area contributed by atoms with Crippen LogP contribution >= 0.6 is 0 Å². The normalized spacial score (nSPS) is 15.1. The molecule has 0 aromatic heterocycles. The van der Waals surface area contributed by atoms with Crippen molar-refractivity contribution in [3.63, 3.8) is 0 Å². The lowest BCUT2D eigenvalue weighted by molar-refractivity contribution is -0.142. The fraction of sp³-hybridized carbons (Fsp3) is 0.560. The standard InChI is InChI=1S/C25H39N5O7/c1-5-14(4)21(30-22(33)17(26)12-20(27)32)24(35)28-18(11-15-6-8-16(31)9-7-15)23(34)29-19(25(36)37)10-13(2)3/h6-9,13-14,17-19,21,31H,5,10-12,26H2,1-4H3,(H2,27,32)(H,28,35)(H,29,34)(H,30,33)(H,36,37). The summed E-state index contributed by atoms with van der Waals surface area (Å²) in [6.45, 7) is 7.17. The third kappa shape index (κ3) is 10.9. The van der Waals surface area contributed by atoms with E-state index in [-0.39, 0.29) is 30.4 Å². The molecular formula is C25H39N5O7. The molecule has 206 valence electrons. The zero-order valence-corrected chi connectivity index (χ0v) is 21.7. The molecule has 12 heteroatoms. The van der Waals surface area contributed by atoms with Gasteiger partial charge in [0.2, 0.25) is 23.6 Å². The van der Waals surface area contributed by atoms with E-state index < -0.39 is 60.2 Å². The molecule has 12 nitrogen and oxygen atoms in total. The van der Waals surface area contributed by atoms with Crippen LogP contribution in [0.2, 0.25) is 0 Å². The first-order chi connectivity index (χ1) is 17.2. The van der Waals surface area contributed by atoms with Crippen LogP contribution in [0.1, 0.15) is 52.5 Å². The number of hydrogen-bond acceptors (Lipinski definition) is 7. The average Bonchev–Trinajstić information content (AvgIpc) is 2.81. The van der Waals surface area contributed by atoms with Crippen LogP contribution < -0.4 is 27.4 Å². The fourth-order valence-electron chi connectivity index (χ4n) is 3.58. The maximum atomic E-state index is 13.3. The van der Waals surface area contributed by atoms with E-state index in [0.29, 0.717) is 12.0 Å². The molecule has 1 aromatic rings. The van der Waals surface area contributed by atoms with Crippen LogP contribution in [0, 0.1) is 11.8 Å². The summed E-state index contributed by atoms with van der Waals surface area (Å²) in [4.78, 5) is 61.7. The second kappa shape index (κ2) is 14.8. The van der Waals surface area contributed by atoms with Gasteiger partial charge < -0.3 is 37.6 Å². The summed E-state index contributed by atoms with van der Waals surface area (Å²) in [6, 6.07) is 1.30. The number of carbonyl (C=O) groups excluding carboxylic acids is 4. The molecule has 0 heterocycles. The molecule has 0 aliphatic carbocycles. The number of carboxylic acids is 1. The maximum absolute atomic E-state index is 13.3. The maximum Gasteiger partial charge on any atom is 0.326 e. The summed E-state index contributed by atoms with van der Waals surface area (Å²) >= 11 is 0. The van der Waals surface area contributed by atoms with Gasteiger partial charge in [-0.15, -0.1) is 0 Å². The molecule has 0 radical (unpaired) electrons. The lowest BCUT2D eigenvalue weighted by Gasteiger charge is -2.28. The predicted molar refractivity (Wildman–Crippen MR) is 136 cm³/mol. The summed E-state index contributed by atoms with van der Waals surface area (Å²) in [6.07, 6.45) is 0.269. The highest BCUT2D eigenvalue weighted by Crippen LogP contribution is 2.14. The van der Waals surface area contributed by atoms with Gasteiger partial charge in [-0.05, 0) is 36.0 Å². The summed E-state index contributed by atoms with van der Waals surface area (Å²) in [5.41, 5.74) is 11.4. The van der Waals surface area contributed by atoms with Crippen molar-refractivity contribution < 1.29 is 34.2 Å². The second-order valence-corrected chi connectivity index (χ2v) is 9.61. The largest absolute Gasteiger partial charge is 0.508 e. The van der Waals surface area contributed by atoms with E-state index in [1.807, 2.05) is 20.8 Å². The number of phenolic OH excluding ortho intramolecular Hbond substituents is 1. The predicted octanol–water partition coefficient (Wildman–Crippen LogP) is -0.231. The lowest BCUT2D eigenvalue weighted by atomic mass is 9.96. The number of aliphatic carboxylic acids is 1. The highest BCUT2D eigenvalue weighted by atomic mass is 16.4. The fourth-order valence-corrected chi connectivity index (χ4v) is 3.58. The van der Waals surface area contributed by atoms with Crippen molar-refractivity contribution in [1.82, 2.24) is 16.0 Å². The monoisotopic (exact) mass is 521 g/mol. The zero-order valence-electron chi connectivity index (χ0n) is 21.7. The number of nitrogens with one attached hydrogen (secondary N) is 3.